The van der Waals surface area contributed by atoms with Gasteiger partial charge in [-0.2, -0.15) is 0 Å². The summed E-state index contributed by atoms with van der Waals surface area (Å²) >= 11 is 6.68. The van der Waals surface area contributed by atoms with E-state index in [0.29, 0.717) is 31.4 Å². The third-order valence-electron chi connectivity index (χ3n) is 8.14. The molecule has 184 valence electrons. The molecule has 0 radical (unpaired) electrons. The molecular weight excluding hydrogens is 457 g/mol. The minimum Gasteiger partial charge on any atom is -0.389 e. The van der Waals surface area contributed by atoms with Crippen LogP contribution < -0.4 is 5.32 Å². The van der Waals surface area contributed by atoms with Gasteiger partial charge >= 0.3 is 0 Å². The Labute approximate surface area is 204 Å². The number of aliphatic hydroxyl groups excluding tert-OH is 1. The molecule has 4 atom stereocenters. The summed E-state index contributed by atoms with van der Waals surface area (Å²) < 4.78 is 19.6. The van der Waals surface area contributed by atoms with Crippen LogP contribution in [0.3, 0.4) is 0 Å². The maximum Gasteiger partial charge on any atom is 0.229 e. The molecule has 8 heteroatoms. The fourth-order valence-electron chi connectivity index (χ4n) is 5.68. The number of aromatic nitrogens is 1. The van der Waals surface area contributed by atoms with E-state index in [1.54, 1.807) is 6.20 Å². The summed E-state index contributed by atoms with van der Waals surface area (Å²) in [6.45, 7) is 7.84. The topological polar surface area (TPSA) is 74.7 Å². The van der Waals surface area contributed by atoms with Crippen molar-refractivity contribution in [1.82, 2.24) is 9.88 Å². The molecule has 2 N–H and O–H groups in total. The number of halogens is 2. The number of nitrogens with zero attached hydrogens (tertiary/aromatic N) is 2. The molecule has 3 heterocycles. The normalized spacial score (nSPS) is 30.6. The number of hydrogen-bond acceptors (Lipinski definition) is 5. The molecule has 3 fully saturated rings. The van der Waals surface area contributed by atoms with Gasteiger partial charge in [-0.3, -0.25) is 9.69 Å². The van der Waals surface area contributed by atoms with Crippen LogP contribution in [0.4, 0.5) is 10.2 Å². The number of rotatable bonds is 5. The Morgan fingerprint density at radius 2 is 2.03 bits per heavy atom. The van der Waals surface area contributed by atoms with Crippen molar-refractivity contribution in [3.05, 3.63) is 35.0 Å². The van der Waals surface area contributed by atoms with Crippen molar-refractivity contribution < 1.29 is 19.0 Å². The van der Waals surface area contributed by atoms with Crippen LogP contribution in [0.25, 0.3) is 10.8 Å². The fraction of sp³-hybridized carbons (Fsp3) is 0.615. The van der Waals surface area contributed by atoms with Crippen LogP contribution in [0.15, 0.2) is 24.4 Å². The number of likely N-dealkylation sites (tertiary alicyclic amines) is 1. The smallest absolute Gasteiger partial charge is 0.229 e. The number of hydrogen-bond donors (Lipinski definition) is 2. The summed E-state index contributed by atoms with van der Waals surface area (Å²) in [5.41, 5.74) is -0.568. The molecule has 0 spiro atoms. The molecule has 2 aromatic rings. The van der Waals surface area contributed by atoms with Crippen LogP contribution in [-0.2, 0) is 9.53 Å². The van der Waals surface area contributed by atoms with Gasteiger partial charge in [0.25, 0.3) is 0 Å². The van der Waals surface area contributed by atoms with E-state index in [0.717, 1.165) is 47.3 Å². The van der Waals surface area contributed by atoms with Gasteiger partial charge in [0, 0.05) is 28.4 Å². The number of carbonyl (C=O) groups is 1. The highest BCUT2D eigenvalue weighted by molar-refractivity contribution is 6.32. The van der Waals surface area contributed by atoms with Crippen LogP contribution >= 0.6 is 11.6 Å². The zero-order valence-electron chi connectivity index (χ0n) is 20.0. The van der Waals surface area contributed by atoms with Gasteiger partial charge in [-0.05, 0) is 88.2 Å². The Hall–Kier alpha value is -1.80. The van der Waals surface area contributed by atoms with Gasteiger partial charge in [-0.15, -0.1) is 0 Å². The molecule has 2 unspecified atom stereocenters. The van der Waals surface area contributed by atoms with Crippen molar-refractivity contribution in [2.24, 2.45) is 11.8 Å². The average Bonchev–Trinajstić information content (AvgIpc) is 3.54. The highest BCUT2D eigenvalue weighted by Crippen LogP contribution is 2.48. The van der Waals surface area contributed by atoms with Crippen LogP contribution in [0.2, 0.25) is 5.02 Å². The second-order valence-electron chi connectivity index (χ2n) is 10.9. The highest BCUT2D eigenvalue weighted by Gasteiger charge is 2.52. The Bertz CT molecular complexity index is 1100. The van der Waals surface area contributed by atoms with E-state index in [2.05, 4.69) is 28.2 Å². The molecule has 5 rings (SSSR count). The first kappa shape index (κ1) is 23.9. The monoisotopic (exact) mass is 489 g/mol. The van der Waals surface area contributed by atoms with E-state index in [1.165, 1.54) is 13.8 Å². The molecular formula is C26H33ClFN3O3. The first-order chi connectivity index (χ1) is 16.1. The second kappa shape index (κ2) is 8.70. The van der Waals surface area contributed by atoms with Crippen LogP contribution in [0.5, 0.6) is 0 Å². The van der Waals surface area contributed by atoms with Crippen LogP contribution in [-0.4, -0.2) is 64.5 Å². The summed E-state index contributed by atoms with van der Waals surface area (Å²) in [6, 6.07) is 5.91. The van der Waals surface area contributed by atoms with Gasteiger partial charge in [-0.25, -0.2) is 9.37 Å². The van der Waals surface area contributed by atoms with E-state index >= 15 is 0 Å². The van der Waals surface area contributed by atoms with Gasteiger partial charge in [-0.1, -0.05) is 11.6 Å². The van der Waals surface area contributed by atoms with Gasteiger partial charge < -0.3 is 15.2 Å². The lowest BCUT2D eigenvalue weighted by atomic mass is 9.85. The maximum absolute atomic E-state index is 14.1. The van der Waals surface area contributed by atoms with E-state index in [9.17, 15) is 14.3 Å². The average molecular weight is 490 g/mol. The molecule has 1 aliphatic carbocycles. The molecule has 3 aliphatic rings. The zero-order chi connectivity index (χ0) is 24.3. The number of piperidine rings is 1. The lowest BCUT2D eigenvalue weighted by Crippen LogP contribution is -2.56. The summed E-state index contributed by atoms with van der Waals surface area (Å²) in [7, 11) is 0. The van der Waals surface area contributed by atoms with E-state index < -0.39 is 11.8 Å². The molecule has 0 bridgehead atoms. The third-order valence-corrected chi connectivity index (χ3v) is 8.47. The molecule has 2 aliphatic heterocycles. The number of aliphatic hydroxyl groups is 1. The minimum atomic E-state index is -1.35. The van der Waals surface area contributed by atoms with Crippen molar-refractivity contribution in [2.45, 2.75) is 63.3 Å². The minimum absolute atomic E-state index is 0.171. The fourth-order valence-corrected chi connectivity index (χ4v) is 6.01. The van der Waals surface area contributed by atoms with Gasteiger partial charge in [0.1, 0.15) is 11.5 Å². The lowest BCUT2D eigenvalue weighted by Gasteiger charge is -2.43. The summed E-state index contributed by atoms with van der Waals surface area (Å²) in [5.74, 6) is 0.0979. The largest absolute Gasteiger partial charge is 0.389 e. The lowest BCUT2D eigenvalue weighted by molar-refractivity contribution is -0.118. The van der Waals surface area contributed by atoms with Crippen molar-refractivity contribution >= 4 is 34.1 Å². The summed E-state index contributed by atoms with van der Waals surface area (Å²) in [6.07, 6.45) is 3.73. The quantitative estimate of drug-likeness (QED) is 0.645. The first-order valence-electron chi connectivity index (χ1n) is 12.2. The SMILES string of the molecule is CC(C)(F)C1CC1C(=O)Nc1cc2cc(C3CCN([C@@]4(C)COC[C@H]4O)CC3)c(Cl)cc2cn1. The highest BCUT2D eigenvalue weighted by atomic mass is 35.5. The predicted octanol–water partition coefficient (Wildman–Crippen LogP) is 4.54. The van der Waals surface area contributed by atoms with Crippen LogP contribution in [0, 0.1) is 11.8 Å². The van der Waals surface area contributed by atoms with Crippen molar-refractivity contribution in [3.8, 4) is 0 Å². The third kappa shape index (κ3) is 4.43. The standard InChI is InChI=1S/C26H33ClFN3O3/c1-25(2,28)20-11-19(20)24(33)30-23-10-16-8-18(21(27)9-17(16)12-29-23)15-4-6-31(7-5-15)26(3)14-34-13-22(26)32/h8-10,12,15,19-20,22,32H,4-7,11,13-14H2,1-3H3,(H,29,30,33)/t19?,20?,22-,26+/m1/s1. The van der Waals surface area contributed by atoms with Crippen molar-refractivity contribution in [2.75, 3.05) is 31.6 Å². The zero-order valence-corrected chi connectivity index (χ0v) is 20.7. The number of amides is 1. The Kier molecular flexibility index (Phi) is 6.12. The Morgan fingerprint density at radius 1 is 1.29 bits per heavy atom. The molecule has 1 aromatic heterocycles. The number of fused-ring (bicyclic) bond motifs is 1. The number of ether oxygens (including phenoxy) is 1. The second-order valence-corrected chi connectivity index (χ2v) is 11.3. The number of alkyl halides is 1. The maximum atomic E-state index is 14.1. The van der Waals surface area contributed by atoms with Gasteiger partial charge in [0.15, 0.2) is 0 Å². The molecule has 34 heavy (non-hydrogen) atoms. The first-order valence-corrected chi connectivity index (χ1v) is 12.5. The summed E-state index contributed by atoms with van der Waals surface area (Å²) in [5, 5.41) is 15.9. The number of nitrogens with one attached hydrogen (secondary N) is 1. The number of carbonyl (C=O) groups excluding carboxylic acids is 1. The van der Waals surface area contributed by atoms with E-state index in [-0.39, 0.29) is 23.3 Å². The van der Waals surface area contributed by atoms with E-state index in [4.69, 9.17) is 16.3 Å². The molecule has 1 saturated carbocycles. The molecule has 1 amide bonds. The Balaban J connectivity index is 1.29. The number of benzene rings is 1. The van der Waals surface area contributed by atoms with Crippen molar-refractivity contribution in [3.63, 3.8) is 0 Å². The van der Waals surface area contributed by atoms with Gasteiger partial charge in [0.05, 0.1) is 24.9 Å². The molecule has 6 nitrogen and oxygen atoms in total. The van der Waals surface area contributed by atoms with Crippen LogP contribution in [0.1, 0.15) is 51.5 Å². The number of pyridine rings is 1. The van der Waals surface area contributed by atoms with E-state index in [1.807, 2.05) is 12.1 Å². The molecule has 1 aromatic carbocycles. The summed E-state index contributed by atoms with van der Waals surface area (Å²) in [4.78, 5) is 19.3. The molecule has 2 saturated heterocycles. The van der Waals surface area contributed by atoms with Gasteiger partial charge in [0.2, 0.25) is 5.91 Å². The Morgan fingerprint density at radius 3 is 2.65 bits per heavy atom. The van der Waals surface area contributed by atoms with Crippen molar-refractivity contribution in [1.29, 1.82) is 0 Å². The predicted molar refractivity (Wildman–Crippen MR) is 131 cm³/mol. The number of anilines is 1.